The Morgan fingerprint density at radius 3 is 2.78 bits per heavy atom. The molecule has 0 fully saturated rings. The summed E-state index contributed by atoms with van der Waals surface area (Å²) in [6.07, 6.45) is 5.39. The first kappa shape index (κ1) is 12.5. The van der Waals surface area contributed by atoms with E-state index in [1.54, 1.807) is 6.20 Å². The van der Waals surface area contributed by atoms with Gasteiger partial charge in [0, 0.05) is 24.5 Å². The standard InChI is InChI=1S/C14H17N3O/c1-11-5-12(7-16-6-11)10-18-14-4-3-13(8-15-2)17-9-14/h3-7,9,15H,8,10H2,1-2H3. The molecule has 0 aliphatic heterocycles. The molecule has 0 aliphatic carbocycles. The first-order valence-corrected chi connectivity index (χ1v) is 5.91. The molecule has 18 heavy (non-hydrogen) atoms. The lowest BCUT2D eigenvalue weighted by molar-refractivity contribution is 0.304. The van der Waals surface area contributed by atoms with Crippen LogP contribution in [0.5, 0.6) is 5.75 Å². The van der Waals surface area contributed by atoms with Crippen LogP contribution in [0.25, 0.3) is 0 Å². The molecular formula is C14H17N3O. The maximum absolute atomic E-state index is 5.66. The molecular weight excluding hydrogens is 226 g/mol. The van der Waals surface area contributed by atoms with Gasteiger partial charge in [0.25, 0.3) is 0 Å². The molecule has 4 heteroatoms. The number of hydrogen-bond donors (Lipinski definition) is 1. The quantitative estimate of drug-likeness (QED) is 0.873. The Hall–Kier alpha value is -1.94. The second-order valence-corrected chi connectivity index (χ2v) is 4.17. The predicted molar refractivity (Wildman–Crippen MR) is 70.3 cm³/mol. The van der Waals surface area contributed by atoms with Gasteiger partial charge in [-0.05, 0) is 37.7 Å². The van der Waals surface area contributed by atoms with E-state index in [2.05, 4.69) is 21.4 Å². The van der Waals surface area contributed by atoms with Gasteiger partial charge in [0.1, 0.15) is 12.4 Å². The minimum atomic E-state index is 0.516. The maximum Gasteiger partial charge on any atom is 0.138 e. The van der Waals surface area contributed by atoms with Crippen LogP contribution >= 0.6 is 0 Å². The van der Waals surface area contributed by atoms with E-state index in [1.807, 2.05) is 38.5 Å². The van der Waals surface area contributed by atoms with Crippen molar-refractivity contribution in [3.8, 4) is 5.75 Å². The van der Waals surface area contributed by atoms with Crippen LogP contribution in [-0.4, -0.2) is 17.0 Å². The number of aromatic nitrogens is 2. The third-order valence-corrected chi connectivity index (χ3v) is 2.49. The summed E-state index contributed by atoms with van der Waals surface area (Å²) in [4.78, 5) is 8.43. The smallest absolute Gasteiger partial charge is 0.138 e. The van der Waals surface area contributed by atoms with E-state index >= 15 is 0 Å². The van der Waals surface area contributed by atoms with Gasteiger partial charge < -0.3 is 10.1 Å². The number of pyridine rings is 2. The fourth-order valence-corrected chi connectivity index (χ4v) is 1.65. The van der Waals surface area contributed by atoms with Crippen molar-refractivity contribution < 1.29 is 4.74 Å². The molecule has 0 atom stereocenters. The molecule has 0 unspecified atom stereocenters. The Labute approximate surface area is 107 Å². The average molecular weight is 243 g/mol. The molecule has 0 saturated carbocycles. The normalized spacial score (nSPS) is 10.3. The second kappa shape index (κ2) is 6.12. The monoisotopic (exact) mass is 243 g/mol. The number of nitrogens with one attached hydrogen (secondary N) is 1. The number of nitrogens with zero attached hydrogens (tertiary/aromatic N) is 2. The predicted octanol–water partition coefficient (Wildman–Crippen LogP) is 2.08. The minimum absolute atomic E-state index is 0.516. The van der Waals surface area contributed by atoms with Gasteiger partial charge in [0.05, 0.1) is 11.9 Å². The highest BCUT2D eigenvalue weighted by Crippen LogP contribution is 2.12. The van der Waals surface area contributed by atoms with Crippen LogP contribution < -0.4 is 10.1 Å². The van der Waals surface area contributed by atoms with Gasteiger partial charge in [0.15, 0.2) is 0 Å². The zero-order chi connectivity index (χ0) is 12.8. The van der Waals surface area contributed by atoms with Gasteiger partial charge in [-0.1, -0.05) is 0 Å². The number of rotatable bonds is 5. The summed E-state index contributed by atoms with van der Waals surface area (Å²) in [5, 5.41) is 3.06. The molecule has 4 nitrogen and oxygen atoms in total. The Morgan fingerprint density at radius 2 is 2.11 bits per heavy atom. The van der Waals surface area contributed by atoms with Crippen LogP contribution in [0.3, 0.4) is 0 Å². The van der Waals surface area contributed by atoms with Crippen LogP contribution in [0.15, 0.2) is 36.8 Å². The van der Waals surface area contributed by atoms with Crippen LogP contribution in [0.4, 0.5) is 0 Å². The van der Waals surface area contributed by atoms with Crippen molar-refractivity contribution in [3.05, 3.63) is 53.6 Å². The molecule has 0 radical (unpaired) electrons. The molecule has 2 rings (SSSR count). The summed E-state index contributed by atoms with van der Waals surface area (Å²) in [6, 6.07) is 5.96. The van der Waals surface area contributed by atoms with E-state index in [0.717, 1.165) is 29.1 Å². The number of ether oxygens (including phenoxy) is 1. The largest absolute Gasteiger partial charge is 0.487 e. The highest BCUT2D eigenvalue weighted by atomic mass is 16.5. The lowest BCUT2D eigenvalue weighted by Gasteiger charge is -2.07. The zero-order valence-electron chi connectivity index (χ0n) is 10.7. The number of hydrogen-bond acceptors (Lipinski definition) is 4. The third kappa shape index (κ3) is 3.53. The Morgan fingerprint density at radius 1 is 1.22 bits per heavy atom. The fraction of sp³-hybridized carbons (Fsp3) is 0.286. The van der Waals surface area contributed by atoms with Gasteiger partial charge in [0.2, 0.25) is 0 Å². The SMILES string of the molecule is CNCc1ccc(OCc2cncc(C)c2)cn1. The molecule has 2 heterocycles. The van der Waals surface area contributed by atoms with Crippen LogP contribution in [0.1, 0.15) is 16.8 Å². The first-order valence-electron chi connectivity index (χ1n) is 5.91. The van der Waals surface area contributed by atoms with Crippen LogP contribution in [0.2, 0.25) is 0 Å². The molecule has 1 N–H and O–H groups in total. The van der Waals surface area contributed by atoms with Gasteiger partial charge in [-0.2, -0.15) is 0 Å². The summed E-state index contributed by atoms with van der Waals surface area (Å²) in [6.45, 7) is 3.30. The molecule has 0 bridgehead atoms. The summed E-state index contributed by atoms with van der Waals surface area (Å²) in [5.74, 6) is 0.774. The lowest BCUT2D eigenvalue weighted by atomic mass is 10.2. The Kier molecular flexibility index (Phi) is 4.25. The van der Waals surface area contributed by atoms with E-state index in [-0.39, 0.29) is 0 Å². The van der Waals surface area contributed by atoms with E-state index in [0.29, 0.717) is 6.61 Å². The molecule has 0 spiro atoms. The summed E-state index contributed by atoms with van der Waals surface area (Å²) < 4.78 is 5.66. The third-order valence-electron chi connectivity index (χ3n) is 2.49. The number of aryl methyl sites for hydroxylation is 1. The van der Waals surface area contributed by atoms with Crippen molar-refractivity contribution in [2.45, 2.75) is 20.1 Å². The highest BCUT2D eigenvalue weighted by molar-refractivity contribution is 5.21. The van der Waals surface area contributed by atoms with Crippen molar-refractivity contribution >= 4 is 0 Å². The molecule has 0 aliphatic rings. The summed E-state index contributed by atoms with van der Waals surface area (Å²) in [7, 11) is 1.90. The van der Waals surface area contributed by atoms with Gasteiger partial charge >= 0.3 is 0 Å². The topological polar surface area (TPSA) is 47.0 Å². The van der Waals surface area contributed by atoms with Crippen molar-refractivity contribution in [2.75, 3.05) is 7.05 Å². The fourth-order valence-electron chi connectivity index (χ4n) is 1.65. The lowest BCUT2D eigenvalue weighted by Crippen LogP contribution is -2.06. The van der Waals surface area contributed by atoms with Gasteiger partial charge in [-0.25, -0.2) is 0 Å². The van der Waals surface area contributed by atoms with Crippen LogP contribution in [0, 0.1) is 6.92 Å². The van der Waals surface area contributed by atoms with Gasteiger partial charge in [-0.3, -0.25) is 9.97 Å². The second-order valence-electron chi connectivity index (χ2n) is 4.17. The van der Waals surface area contributed by atoms with E-state index < -0.39 is 0 Å². The summed E-state index contributed by atoms with van der Waals surface area (Å²) in [5.41, 5.74) is 3.20. The first-order chi connectivity index (χ1) is 8.78. The summed E-state index contributed by atoms with van der Waals surface area (Å²) >= 11 is 0. The Bertz CT molecular complexity index is 497. The molecule has 2 aromatic heterocycles. The van der Waals surface area contributed by atoms with Crippen molar-refractivity contribution in [1.29, 1.82) is 0 Å². The molecule has 0 saturated heterocycles. The average Bonchev–Trinajstić information content (AvgIpc) is 2.38. The van der Waals surface area contributed by atoms with E-state index in [9.17, 15) is 0 Å². The zero-order valence-corrected chi connectivity index (χ0v) is 10.7. The molecule has 94 valence electrons. The van der Waals surface area contributed by atoms with E-state index in [1.165, 1.54) is 0 Å². The minimum Gasteiger partial charge on any atom is -0.487 e. The molecule has 0 aromatic carbocycles. The molecule has 2 aromatic rings. The van der Waals surface area contributed by atoms with Gasteiger partial charge in [-0.15, -0.1) is 0 Å². The maximum atomic E-state index is 5.66. The van der Waals surface area contributed by atoms with E-state index in [4.69, 9.17) is 4.74 Å². The molecule has 0 amide bonds. The van der Waals surface area contributed by atoms with Crippen molar-refractivity contribution in [3.63, 3.8) is 0 Å². The Balaban J connectivity index is 1.93. The van der Waals surface area contributed by atoms with Crippen molar-refractivity contribution in [1.82, 2.24) is 15.3 Å². The van der Waals surface area contributed by atoms with Crippen molar-refractivity contribution in [2.24, 2.45) is 0 Å². The highest BCUT2D eigenvalue weighted by Gasteiger charge is 1.98. The van der Waals surface area contributed by atoms with Crippen LogP contribution in [-0.2, 0) is 13.2 Å².